The van der Waals surface area contributed by atoms with Crippen molar-refractivity contribution in [1.29, 1.82) is 0 Å². The first-order valence-corrected chi connectivity index (χ1v) is 7.18. The maximum Gasteiger partial charge on any atom is 0.228 e. The van der Waals surface area contributed by atoms with Crippen LogP contribution in [-0.2, 0) is 4.79 Å². The van der Waals surface area contributed by atoms with E-state index < -0.39 is 0 Å². The Labute approximate surface area is 122 Å². The third-order valence-electron chi connectivity index (χ3n) is 3.64. The summed E-state index contributed by atoms with van der Waals surface area (Å²) in [6.07, 6.45) is 3.67. The van der Waals surface area contributed by atoms with E-state index in [0.29, 0.717) is 5.02 Å². The fraction of sp³-hybridized carbons (Fsp3) is 0.333. The monoisotopic (exact) mass is 289 g/mol. The van der Waals surface area contributed by atoms with Gasteiger partial charge in [0.1, 0.15) is 0 Å². The summed E-state index contributed by atoms with van der Waals surface area (Å²) in [5, 5.41) is 7.73. The van der Waals surface area contributed by atoms with Crippen molar-refractivity contribution >= 4 is 34.1 Å². The molecule has 0 unspecified atom stereocenters. The minimum absolute atomic E-state index is 0.0261. The lowest BCUT2D eigenvalue weighted by molar-refractivity contribution is -0.120. The second kappa shape index (κ2) is 5.77. The fourth-order valence-corrected chi connectivity index (χ4v) is 2.76. The second-order valence-corrected chi connectivity index (χ2v) is 5.43. The van der Waals surface area contributed by atoms with E-state index >= 15 is 0 Å². The van der Waals surface area contributed by atoms with Gasteiger partial charge in [-0.2, -0.15) is 0 Å². The molecule has 3 rings (SSSR count). The lowest BCUT2D eigenvalue weighted by Gasteiger charge is -2.22. The minimum atomic E-state index is 0.0261. The number of carbonyl (C=O) groups is 1. The number of benzene rings is 1. The molecule has 1 aliphatic heterocycles. The van der Waals surface area contributed by atoms with Crippen molar-refractivity contribution in [2.24, 2.45) is 5.92 Å². The highest BCUT2D eigenvalue weighted by Gasteiger charge is 2.21. The highest BCUT2D eigenvalue weighted by atomic mass is 35.5. The van der Waals surface area contributed by atoms with Crippen molar-refractivity contribution in [3.63, 3.8) is 0 Å². The van der Waals surface area contributed by atoms with Gasteiger partial charge in [-0.05, 0) is 43.7 Å². The standard InChI is InChI=1S/C15H16ClN3O/c16-12-5-6-13(14-11(12)4-2-8-18-14)19-15(20)10-3-1-7-17-9-10/h2,4-6,8,10,17H,1,3,7,9H2,(H,19,20)/t10-/m1/s1. The van der Waals surface area contributed by atoms with Crippen LogP contribution in [0.15, 0.2) is 30.5 Å². The Bertz CT molecular complexity index is 638. The summed E-state index contributed by atoms with van der Waals surface area (Å²) in [4.78, 5) is 16.6. The van der Waals surface area contributed by atoms with Crippen LogP contribution in [0.2, 0.25) is 5.02 Å². The SMILES string of the molecule is O=C(Nc1ccc(Cl)c2cccnc12)[C@@H]1CCCNC1. The van der Waals surface area contributed by atoms with E-state index in [1.807, 2.05) is 18.2 Å². The van der Waals surface area contributed by atoms with Gasteiger partial charge in [-0.25, -0.2) is 0 Å². The van der Waals surface area contributed by atoms with Crippen LogP contribution in [0.25, 0.3) is 10.9 Å². The maximum atomic E-state index is 12.3. The molecule has 1 saturated heterocycles. The zero-order valence-electron chi connectivity index (χ0n) is 11.0. The first-order chi connectivity index (χ1) is 9.75. The average molecular weight is 290 g/mol. The van der Waals surface area contributed by atoms with Gasteiger partial charge >= 0.3 is 0 Å². The van der Waals surface area contributed by atoms with Gasteiger partial charge in [0.25, 0.3) is 0 Å². The molecule has 1 fully saturated rings. The van der Waals surface area contributed by atoms with Crippen LogP contribution in [-0.4, -0.2) is 24.0 Å². The first-order valence-electron chi connectivity index (χ1n) is 6.80. The zero-order valence-corrected chi connectivity index (χ0v) is 11.8. The average Bonchev–Trinajstić information content (AvgIpc) is 2.51. The smallest absolute Gasteiger partial charge is 0.228 e. The van der Waals surface area contributed by atoms with Crippen LogP contribution in [0.1, 0.15) is 12.8 Å². The van der Waals surface area contributed by atoms with Crippen LogP contribution in [0.4, 0.5) is 5.69 Å². The predicted octanol–water partition coefficient (Wildman–Crippen LogP) is 2.83. The van der Waals surface area contributed by atoms with Gasteiger partial charge in [0.05, 0.1) is 22.1 Å². The zero-order chi connectivity index (χ0) is 13.9. The molecule has 2 aromatic rings. The third-order valence-corrected chi connectivity index (χ3v) is 3.97. The molecule has 0 saturated carbocycles. The van der Waals surface area contributed by atoms with Crippen LogP contribution < -0.4 is 10.6 Å². The Hall–Kier alpha value is -1.65. The number of pyridine rings is 1. The van der Waals surface area contributed by atoms with Crippen molar-refractivity contribution in [2.45, 2.75) is 12.8 Å². The number of amides is 1. The molecule has 0 aliphatic carbocycles. The molecular weight excluding hydrogens is 274 g/mol. The van der Waals surface area contributed by atoms with Gasteiger partial charge in [-0.15, -0.1) is 0 Å². The van der Waals surface area contributed by atoms with Gasteiger partial charge in [0, 0.05) is 18.1 Å². The van der Waals surface area contributed by atoms with Crippen LogP contribution in [0.3, 0.4) is 0 Å². The van der Waals surface area contributed by atoms with Crippen molar-refractivity contribution in [1.82, 2.24) is 10.3 Å². The molecule has 20 heavy (non-hydrogen) atoms. The van der Waals surface area contributed by atoms with Crippen molar-refractivity contribution < 1.29 is 4.79 Å². The molecule has 0 bridgehead atoms. The van der Waals surface area contributed by atoms with E-state index in [0.717, 1.165) is 42.5 Å². The highest BCUT2D eigenvalue weighted by molar-refractivity contribution is 6.35. The molecule has 5 heteroatoms. The van der Waals surface area contributed by atoms with Crippen molar-refractivity contribution in [2.75, 3.05) is 18.4 Å². The quantitative estimate of drug-likeness (QED) is 0.894. The Morgan fingerprint density at radius 3 is 3.10 bits per heavy atom. The number of rotatable bonds is 2. The molecule has 0 spiro atoms. The second-order valence-electron chi connectivity index (χ2n) is 5.03. The molecule has 1 atom stereocenters. The fourth-order valence-electron chi connectivity index (χ4n) is 2.55. The van der Waals surface area contributed by atoms with E-state index in [1.165, 1.54) is 0 Å². The topological polar surface area (TPSA) is 54.0 Å². The molecule has 1 aromatic heterocycles. The van der Waals surface area contributed by atoms with Gasteiger partial charge in [0.2, 0.25) is 5.91 Å². The number of nitrogens with one attached hydrogen (secondary N) is 2. The van der Waals surface area contributed by atoms with E-state index in [9.17, 15) is 4.79 Å². The molecule has 0 radical (unpaired) electrons. The number of piperidine rings is 1. The molecule has 1 aliphatic rings. The Kier molecular flexibility index (Phi) is 3.85. The first kappa shape index (κ1) is 13.3. The third kappa shape index (κ3) is 2.62. The molecule has 104 valence electrons. The number of carbonyl (C=O) groups excluding carboxylic acids is 1. The number of aromatic nitrogens is 1. The summed E-state index contributed by atoms with van der Waals surface area (Å²) < 4.78 is 0. The lowest BCUT2D eigenvalue weighted by Crippen LogP contribution is -2.37. The number of fused-ring (bicyclic) bond motifs is 1. The van der Waals surface area contributed by atoms with Crippen LogP contribution in [0.5, 0.6) is 0 Å². The molecule has 1 amide bonds. The molecule has 1 aromatic carbocycles. The van der Waals surface area contributed by atoms with E-state index in [-0.39, 0.29) is 11.8 Å². The number of nitrogens with zero attached hydrogens (tertiary/aromatic N) is 1. The summed E-state index contributed by atoms with van der Waals surface area (Å²) in [7, 11) is 0. The number of hydrogen-bond donors (Lipinski definition) is 2. The summed E-state index contributed by atoms with van der Waals surface area (Å²) in [5.74, 6) is 0.0738. The van der Waals surface area contributed by atoms with E-state index in [4.69, 9.17) is 11.6 Å². The summed E-state index contributed by atoms with van der Waals surface area (Å²) in [6.45, 7) is 1.74. The maximum absolute atomic E-state index is 12.3. The summed E-state index contributed by atoms with van der Waals surface area (Å²) in [6, 6.07) is 7.35. The predicted molar refractivity (Wildman–Crippen MR) is 81.0 cm³/mol. The normalized spacial score (nSPS) is 18.9. The number of halogens is 1. The van der Waals surface area contributed by atoms with E-state index in [1.54, 1.807) is 12.3 Å². The lowest BCUT2D eigenvalue weighted by atomic mass is 9.98. The van der Waals surface area contributed by atoms with Crippen LogP contribution >= 0.6 is 11.6 Å². The van der Waals surface area contributed by atoms with Gasteiger partial charge in [-0.3, -0.25) is 9.78 Å². The minimum Gasteiger partial charge on any atom is -0.324 e. The number of anilines is 1. The van der Waals surface area contributed by atoms with Gasteiger partial charge in [0.15, 0.2) is 0 Å². The summed E-state index contributed by atoms with van der Waals surface area (Å²) in [5.41, 5.74) is 1.46. The van der Waals surface area contributed by atoms with E-state index in [2.05, 4.69) is 15.6 Å². The Morgan fingerprint density at radius 1 is 1.40 bits per heavy atom. The highest BCUT2D eigenvalue weighted by Crippen LogP contribution is 2.28. The molecule has 2 N–H and O–H groups in total. The largest absolute Gasteiger partial charge is 0.324 e. The van der Waals surface area contributed by atoms with Crippen LogP contribution in [0, 0.1) is 5.92 Å². The van der Waals surface area contributed by atoms with Gasteiger partial charge in [-0.1, -0.05) is 11.6 Å². The molecule has 4 nitrogen and oxygen atoms in total. The Morgan fingerprint density at radius 2 is 2.30 bits per heavy atom. The van der Waals surface area contributed by atoms with Crippen molar-refractivity contribution in [3.05, 3.63) is 35.5 Å². The molecule has 2 heterocycles. The Balaban J connectivity index is 1.87. The van der Waals surface area contributed by atoms with Crippen molar-refractivity contribution in [3.8, 4) is 0 Å². The summed E-state index contributed by atoms with van der Waals surface area (Å²) >= 11 is 6.15. The molecular formula is C15H16ClN3O. The van der Waals surface area contributed by atoms with Gasteiger partial charge < -0.3 is 10.6 Å². The number of hydrogen-bond acceptors (Lipinski definition) is 3.